The molecule has 5 aromatic rings. The van der Waals surface area contributed by atoms with Gasteiger partial charge in [-0.1, -0.05) is 84.4 Å². The van der Waals surface area contributed by atoms with E-state index in [1.165, 1.54) is 10.6 Å². The van der Waals surface area contributed by atoms with E-state index in [0.717, 1.165) is 40.8 Å². The Kier molecular flexibility index (Phi) is 7.28. The van der Waals surface area contributed by atoms with Gasteiger partial charge in [0, 0.05) is 11.1 Å². The molecule has 1 saturated carbocycles. The summed E-state index contributed by atoms with van der Waals surface area (Å²) in [5, 5.41) is 5.90. The number of aromatic nitrogens is 2. The lowest BCUT2D eigenvalue weighted by atomic mass is 10.0. The zero-order valence-electron chi connectivity index (χ0n) is 22.7. The smallest absolute Gasteiger partial charge is 0.233 e. The molecular weight excluding hydrogens is 556 g/mol. The summed E-state index contributed by atoms with van der Waals surface area (Å²) in [6, 6.07) is 31.1. The van der Waals surface area contributed by atoms with Crippen molar-refractivity contribution in [3.05, 3.63) is 119 Å². The number of fused-ring (bicyclic) bond motifs is 1. The van der Waals surface area contributed by atoms with Gasteiger partial charge >= 0.3 is 0 Å². The van der Waals surface area contributed by atoms with Gasteiger partial charge in [0.1, 0.15) is 5.75 Å². The van der Waals surface area contributed by atoms with Crippen LogP contribution in [0.2, 0.25) is 5.02 Å². The molecule has 0 aliphatic heterocycles. The minimum Gasteiger partial charge on any atom is -0.497 e. The van der Waals surface area contributed by atoms with Crippen LogP contribution in [0.4, 0.5) is 11.5 Å². The molecule has 1 aromatic heterocycles. The molecule has 9 heteroatoms. The third-order valence-electron chi connectivity index (χ3n) is 7.10. The van der Waals surface area contributed by atoms with Crippen LogP contribution in [0.1, 0.15) is 35.6 Å². The molecule has 0 spiro atoms. The summed E-state index contributed by atoms with van der Waals surface area (Å²) in [5.41, 5.74) is 4.94. The molecule has 41 heavy (non-hydrogen) atoms. The topological polar surface area (TPSA) is 76.8 Å². The summed E-state index contributed by atoms with van der Waals surface area (Å²) in [6.45, 7) is 0.0999. The maximum absolute atomic E-state index is 13.2. The quantitative estimate of drug-likeness (QED) is 0.172. The lowest BCUT2D eigenvalue weighted by Crippen LogP contribution is -2.30. The van der Waals surface area contributed by atoms with Crippen molar-refractivity contribution in [2.45, 2.75) is 25.4 Å². The van der Waals surface area contributed by atoms with Crippen LogP contribution < -0.4 is 9.04 Å². The molecule has 7 nitrogen and oxygen atoms in total. The minimum atomic E-state index is -3.72. The van der Waals surface area contributed by atoms with Crippen LogP contribution in [-0.2, 0) is 16.6 Å². The first-order valence-corrected chi connectivity index (χ1v) is 15.6. The van der Waals surface area contributed by atoms with Gasteiger partial charge in [-0.15, -0.1) is 0 Å². The first kappa shape index (κ1) is 27.1. The second-order valence-corrected chi connectivity index (χ2v) is 12.4. The Hall–Kier alpha value is -4.14. The van der Waals surface area contributed by atoms with Crippen LogP contribution in [0.25, 0.3) is 10.9 Å². The van der Waals surface area contributed by atoms with Crippen LogP contribution in [0.3, 0.4) is 0 Å². The SMILES string of the molecule is COc1ccc(CN(c2nn(C3CC3)c3c(N=C(c4ccccc4)c4ccccc4)ccc(Cl)c23)S(C)(=O)=O)cc1. The second-order valence-electron chi connectivity index (χ2n) is 10.1. The molecule has 1 aliphatic rings. The van der Waals surface area contributed by atoms with Crippen LogP contribution in [-0.4, -0.2) is 37.3 Å². The molecule has 0 N–H and O–H groups in total. The molecular formula is C32H29ClN4O3S. The monoisotopic (exact) mass is 584 g/mol. The normalized spacial score (nSPS) is 13.2. The number of sulfonamides is 1. The second kappa shape index (κ2) is 11.0. The Morgan fingerprint density at radius 1 is 0.951 bits per heavy atom. The van der Waals surface area contributed by atoms with E-state index in [1.54, 1.807) is 13.2 Å². The van der Waals surface area contributed by atoms with Crippen molar-refractivity contribution in [2.75, 3.05) is 17.7 Å². The van der Waals surface area contributed by atoms with E-state index < -0.39 is 10.0 Å². The van der Waals surface area contributed by atoms with Crippen molar-refractivity contribution in [1.82, 2.24) is 9.78 Å². The van der Waals surface area contributed by atoms with Crippen LogP contribution in [0.5, 0.6) is 5.75 Å². The molecule has 1 aliphatic carbocycles. The summed E-state index contributed by atoms with van der Waals surface area (Å²) in [6.07, 6.45) is 3.10. The maximum atomic E-state index is 13.2. The lowest BCUT2D eigenvalue weighted by molar-refractivity contribution is 0.414. The van der Waals surface area contributed by atoms with Crippen molar-refractivity contribution in [2.24, 2.45) is 4.99 Å². The number of aliphatic imine (C=N–C) groups is 1. The van der Waals surface area contributed by atoms with Crippen molar-refractivity contribution < 1.29 is 13.2 Å². The summed E-state index contributed by atoms with van der Waals surface area (Å²) < 4.78 is 34.9. The highest BCUT2D eigenvalue weighted by Gasteiger charge is 2.33. The van der Waals surface area contributed by atoms with Gasteiger partial charge in [0.25, 0.3) is 0 Å². The standard InChI is InChI=1S/C32H29ClN4O3S/c1-40-26-17-13-22(14-18-26)21-36(41(2,38)39)32-29-27(33)19-20-28(31(29)37(35-32)25-15-16-25)34-30(23-9-5-3-6-10-23)24-11-7-4-8-12-24/h3-14,17-20,25H,15-16,21H2,1-2H3. The Morgan fingerprint density at radius 2 is 1.56 bits per heavy atom. The van der Waals surface area contributed by atoms with Gasteiger partial charge in [-0.3, -0.25) is 4.68 Å². The highest BCUT2D eigenvalue weighted by molar-refractivity contribution is 7.92. The predicted molar refractivity (Wildman–Crippen MR) is 165 cm³/mol. The zero-order valence-corrected chi connectivity index (χ0v) is 24.3. The van der Waals surface area contributed by atoms with Crippen LogP contribution in [0.15, 0.2) is 102 Å². The molecule has 6 rings (SSSR count). The Bertz CT molecular complexity index is 1790. The molecule has 1 heterocycles. The Labute approximate surface area is 244 Å². The van der Waals surface area contributed by atoms with Crippen molar-refractivity contribution in [1.29, 1.82) is 0 Å². The number of halogens is 1. The molecule has 0 unspecified atom stereocenters. The van der Waals surface area contributed by atoms with Crippen LogP contribution in [0, 0.1) is 0 Å². The van der Waals surface area contributed by atoms with Crippen molar-refractivity contribution >= 4 is 49.7 Å². The molecule has 4 aromatic carbocycles. The molecule has 208 valence electrons. The highest BCUT2D eigenvalue weighted by atomic mass is 35.5. The Morgan fingerprint density at radius 3 is 2.10 bits per heavy atom. The average molecular weight is 585 g/mol. The fraction of sp³-hybridized carbons (Fsp3) is 0.188. The number of rotatable bonds is 9. The van der Waals surface area contributed by atoms with Gasteiger partial charge in [0.2, 0.25) is 10.0 Å². The number of methoxy groups -OCH3 is 1. The van der Waals surface area contributed by atoms with Crippen molar-refractivity contribution in [3.8, 4) is 5.75 Å². The van der Waals surface area contributed by atoms with Gasteiger partial charge in [0.05, 0.1) is 53.3 Å². The molecule has 0 atom stereocenters. The van der Waals surface area contributed by atoms with Crippen LogP contribution >= 0.6 is 11.6 Å². The van der Waals surface area contributed by atoms with E-state index in [4.69, 9.17) is 26.4 Å². The number of hydrogen-bond acceptors (Lipinski definition) is 5. The number of benzene rings is 4. The summed E-state index contributed by atoms with van der Waals surface area (Å²) in [4.78, 5) is 5.19. The van der Waals surface area contributed by atoms with E-state index >= 15 is 0 Å². The predicted octanol–water partition coefficient (Wildman–Crippen LogP) is 7.17. The van der Waals surface area contributed by atoms with E-state index in [2.05, 4.69) is 0 Å². The highest BCUT2D eigenvalue weighted by Crippen LogP contribution is 2.45. The fourth-order valence-electron chi connectivity index (χ4n) is 4.90. The molecule has 0 amide bonds. The van der Waals surface area contributed by atoms with E-state index in [9.17, 15) is 8.42 Å². The first-order valence-electron chi connectivity index (χ1n) is 13.3. The summed E-state index contributed by atoms with van der Waals surface area (Å²) in [7, 11) is -2.13. The van der Waals surface area contributed by atoms with Gasteiger partial charge < -0.3 is 4.74 Å². The van der Waals surface area contributed by atoms with Gasteiger partial charge in [-0.2, -0.15) is 5.10 Å². The van der Waals surface area contributed by atoms with Gasteiger partial charge in [-0.05, 0) is 42.7 Å². The third kappa shape index (κ3) is 5.58. The largest absolute Gasteiger partial charge is 0.497 e. The minimum absolute atomic E-state index is 0.0999. The zero-order chi connectivity index (χ0) is 28.6. The van der Waals surface area contributed by atoms with Gasteiger partial charge in [0.15, 0.2) is 5.82 Å². The number of hydrogen-bond donors (Lipinski definition) is 0. The number of anilines is 1. The van der Waals surface area contributed by atoms with Gasteiger partial charge in [-0.25, -0.2) is 17.7 Å². The van der Waals surface area contributed by atoms with E-state index in [1.807, 2.05) is 95.7 Å². The molecule has 0 bridgehead atoms. The summed E-state index contributed by atoms with van der Waals surface area (Å²) >= 11 is 6.84. The summed E-state index contributed by atoms with van der Waals surface area (Å²) in [5.74, 6) is 0.995. The molecule has 1 fully saturated rings. The lowest BCUT2D eigenvalue weighted by Gasteiger charge is -2.21. The van der Waals surface area contributed by atoms with Crippen molar-refractivity contribution in [3.63, 3.8) is 0 Å². The fourth-order valence-corrected chi connectivity index (χ4v) is 5.97. The molecule has 0 radical (unpaired) electrons. The maximum Gasteiger partial charge on any atom is 0.233 e. The Balaban J connectivity index is 1.56. The van der Waals surface area contributed by atoms with E-state index in [0.29, 0.717) is 27.7 Å². The molecule has 0 saturated heterocycles. The average Bonchev–Trinajstić information content (AvgIpc) is 3.76. The van der Waals surface area contributed by atoms with E-state index in [-0.39, 0.29) is 12.6 Å². The number of nitrogens with zero attached hydrogens (tertiary/aromatic N) is 4. The first-order chi connectivity index (χ1) is 19.8. The number of ether oxygens (including phenoxy) is 1. The third-order valence-corrected chi connectivity index (χ3v) is 8.52.